The van der Waals surface area contributed by atoms with Gasteiger partial charge in [-0.15, -0.1) is 0 Å². The van der Waals surface area contributed by atoms with Gasteiger partial charge >= 0.3 is 5.97 Å². The maximum atomic E-state index is 11.9. The summed E-state index contributed by atoms with van der Waals surface area (Å²) in [6.07, 6.45) is 0.784. The summed E-state index contributed by atoms with van der Waals surface area (Å²) in [7, 11) is 0. The number of benzene rings is 1. The maximum absolute atomic E-state index is 11.9. The van der Waals surface area contributed by atoms with Gasteiger partial charge in [-0.25, -0.2) is 0 Å². The average Bonchev–Trinajstić information content (AvgIpc) is 2.62. The summed E-state index contributed by atoms with van der Waals surface area (Å²) in [4.78, 5) is 22.5. The number of carboxylic acid groups (broad SMARTS) is 1. The zero-order chi connectivity index (χ0) is 13.8. The highest BCUT2D eigenvalue weighted by Gasteiger charge is 2.18. The minimum atomic E-state index is -1.08. The molecule has 102 valence electrons. The number of carbonyl (C=O) groups is 2. The van der Waals surface area contributed by atoms with E-state index in [-0.39, 0.29) is 0 Å². The highest BCUT2D eigenvalue weighted by atomic mass is 16.5. The molecule has 1 heterocycles. The lowest BCUT2D eigenvalue weighted by atomic mass is 10.1. The number of rotatable bonds is 3. The van der Waals surface area contributed by atoms with Crippen LogP contribution in [0.2, 0.25) is 0 Å². The molecular formula is C13H15NO5. The van der Waals surface area contributed by atoms with E-state index in [1.54, 1.807) is 18.2 Å². The van der Waals surface area contributed by atoms with Crippen LogP contribution in [0.25, 0.3) is 0 Å². The summed E-state index contributed by atoms with van der Waals surface area (Å²) >= 11 is 0. The molecule has 1 aliphatic rings. The largest absolute Gasteiger partial charge is 0.490 e. The highest BCUT2D eigenvalue weighted by molar-refractivity contribution is 5.97. The zero-order valence-corrected chi connectivity index (χ0v) is 10.5. The minimum Gasteiger partial charge on any atom is -0.490 e. The van der Waals surface area contributed by atoms with Crippen LogP contribution in [0.5, 0.6) is 11.5 Å². The van der Waals surface area contributed by atoms with Crippen LogP contribution < -0.4 is 14.8 Å². The first-order valence-corrected chi connectivity index (χ1v) is 6.01. The molecule has 0 unspecified atom stereocenters. The number of hydrogen-bond acceptors (Lipinski definition) is 4. The van der Waals surface area contributed by atoms with Crippen LogP contribution in [0.4, 0.5) is 0 Å². The lowest BCUT2D eigenvalue weighted by Crippen LogP contribution is -2.38. The first-order valence-electron chi connectivity index (χ1n) is 6.01. The van der Waals surface area contributed by atoms with Crippen molar-refractivity contribution in [3.05, 3.63) is 23.8 Å². The number of nitrogens with one attached hydrogen (secondary N) is 1. The predicted octanol–water partition coefficient (Wildman–Crippen LogP) is 1.05. The van der Waals surface area contributed by atoms with Crippen molar-refractivity contribution in [3.63, 3.8) is 0 Å². The van der Waals surface area contributed by atoms with Crippen LogP contribution in [0.15, 0.2) is 18.2 Å². The molecule has 0 saturated heterocycles. The molecule has 0 spiro atoms. The summed E-state index contributed by atoms with van der Waals surface area (Å²) in [5, 5.41) is 11.1. The SMILES string of the molecule is C[C@@H](NC(=O)c1ccc2c(c1)OCCCO2)C(=O)O. The molecule has 6 heteroatoms. The van der Waals surface area contributed by atoms with E-state index < -0.39 is 17.9 Å². The molecule has 1 atom stereocenters. The molecule has 0 fully saturated rings. The van der Waals surface area contributed by atoms with E-state index in [2.05, 4.69) is 5.32 Å². The molecule has 1 amide bonds. The molecule has 0 aromatic heterocycles. The molecule has 2 rings (SSSR count). The van der Waals surface area contributed by atoms with Crippen LogP contribution in [0.3, 0.4) is 0 Å². The summed E-state index contributed by atoms with van der Waals surface area (Å²) in [6.45, 7) is 2.52. The Morgan fingerprint density at radius 3 is 2.63 bits per heavy atom. The highest BCUT2D eigenvalue weighted by Crippen LogP contribution is 2.30. The van der Waals surface area contributed by atoms with Crippen molar-refractivity contribution in [2.75, 3.05) is 13.2 Å². The molecule has 0 aliphatic carbocycles. The van der Waals surface area contributed by atoms with E-state index in [0.29, 0.717) is 30.3 Å². The van der Waals surface area contributed by atoms with E-state index in [0.717, 1.165) is 6.42 Å². The number of hydrogen-bond donors (Lipinski definition) is 2. The van der Waals surface area contributed by atoms with Gasteiger partial charge in [0.15, 0.2) is 11.5 Å². The van der Waals surface area contributed by atoms with Crippen molar-refractivity contribution in [2.24, 2.45) is 0 Å². The summed E-state index contributed by atoms with van der Waals surface area (Å²) < 4.78 is 10.9. The third-order valence-corrected chi connectivity index (χ3v) is 2.73. The van der Waals surface area contributed by atoms with Crippen molar-refractivity contribution < 1.29 is 24.2 Å². The minimum absolute atomic E-state index is 0.345. The molecule has 0 radical (unpaired) electrons. The third-order valence-electron chi connectivity index (χ3n) is 2.73. The number of fused-ring (bicyclic) bond motifs is 1. The van der Waals surface area contributed by atoms with E-state index in [4.69, 9.17) is 14.6 Å². The Morgan fingerprint density at radius 1 is 1.26 bits per heavy atom. The Hall–Kier alpha value is -2.24. The molecule has 0 saturated carbocycles. The first-order chi connectivity index (χ1) is 9.08. The van der Waals surface area contributed by atoms with Crippen molar-refractivity contribution in [1.82, 2.24) is 5.32 Å². The van der Waals surface area contributed by atoms with E-state index >= 15 is 0 Å². The molecule has 1 aromatic carbocycles. The lowest BCUT2D eigenvalue weighted by Gasteiger charge is -2.11. The molecule has 19 heavy (non-hydrogen) atoms. The van der Waals surface area contributed by atoms with Crippen LogP contribution in [0.1, 0.15) is 23.7 Å². The summed E-state index contributed by atoms with van der Waals surface area (Å²) in [5.41, 5.74) is 0.345. The van der Waals surface area contributed by atoms with Crippen LogP contribution in [0, 0.1) is 0 Å². The Labute approximate surface area is 110 Å². The van der Waals surface area contributed by atoms with Gasteiger partial charge in [0.05, 0.1) is 13.2 Å². The van der Waals surface area contributed by atoms with E-state index in [1.165, 1.54) is 6.92 Å². The fourth-order valence-electron chi connectivity index (χ4n) is 1.65. The van der Waals surface area contributed by atoms with Gasteiger partial charge in [-0.2, -0.15) is 0 Å². The third kappa shape index (κ3) is 3.15. The summed E-state index contributed by atoms with van der Waals surface area (Å²) in [6, 6.07) is 3.85. The molecule has 2 N–H and O–H groups in total. The van der Waals surface area contributed by atoms with Gasteiger partial charge in [-0.1, -0.05) is 0 Å². The Balaban J connectivity index is 2.15. The molecule has 1 aliphatic heterocycles. The van der Waals surface area contributed by atoms with Crippen LogP contribution >= 0.6 is 0 Å². The number of aliphatic carboxylic acids is 1. The van der Waals surface area contributed by atoms with Crippen molar-refractivity contribution in [3.8, 4) is 11.5 Å². The standard InChI is InChI=1S/C13H15NO5/c1-8(13(16)17)14-12(15)9-3-4-10-11(7-9)19-6-2-5-18-10/h3-4,7-8H,2,5-6H2,1H3,(H,14,15)(H,16,17)/t8-/m1/s1. The number of ether oxygens (including phenoxy) is 2. The Kier molecular flexibility index (Phi) is 3.89. The van der Waals surface area contributed by atoms with Crippen LogP contribution in [-0.2, 0) is 4.79 Å². The number of carbonyl (C=O) groups excluding carboxylic acids is 1. The van der Waals surface area contributed by atoms with Crippen molar-refractivity contribution in [2.45, 2.75) is 19.4 Å². The van der Waals surface area contributed by atoms with Gasteiger partial charge in [0.1, 0.15) is 6.04 Å². The smallest absolute Gasteiger partial charge is 0.325 e. The van der Waals surface area contributed by atoms with E-state index in [1.807, 2.05) is 0 Å². The topological polar surface area (TPSA) is 84.9 Å². The molecule has 0 bridgehead atoms. The predicted molar refractivity (Wildman–Crippen MR) is 66.6 cm³/mol. The van der Waals surface area contributed by atoms with Gasteiger partial charge in [-0.05, 0) is 25.1 Å². The van der Waals surface area contributed by atoms with Crippen molar-refractivity contribution >= 4 is 11.9 Å². The van der Waals surface area contributed by atoms with Gasteiger partial charge in [0.2, 0.25) is 0 Å². The van der Waals surface area contributed by atoms with Gasteiger partial charge in [0.25, 0.3) is 5.91 Å². The lowest BCUT2D eigenvalue weighted by molar-refractivity contribution is -0.138. The van der Waals surface area contributed by atoms with Gasteiger partial charge < -0.3 is 19.9 Å². The van der Waals surface area contributed by atoms with Gasteiger partial charge in [0, 0.05) is 12.0 Å². The Morgan fingerprint density at radius 2 is 1.95 bits per heavy atom. The monoisotopic (exact) mass is 265 g/mol. The number of carboxylic acids is 1. The first kappa shape index (κ1) is 13.2. The molecule has 1 aromatic rings. The quantitative estimate of drug-likeness (QED) is 0.853. The fraction of sp³-hybridized carbons (Fsp3) is 0.385. The van der Waals surface area contributed by atoms with Crippen molar-refractivity contribution in [1.29, 1.82) is 0 Å². The average molecular weight is 265 g/mol. The maximum Gasteiger partial charge on any atom is 0.325 e. The second kappa shape index (κ2) is 5.60. The summed E-state index contributed by atoms with van der Waals surface area (Å²) in [5.74, 6) is -0.429. The molecular weight excluding hydrogens is 250 g/mol. The second-order valence-corrected chi connectivity index (χ2v) is 4.25. The normalized spacial score (nSPS) is 15.2. The molecule has 6 nitrogen and oxygen atoms in total. The Bertz CT molecular complexity index is 500. The van der Waals surface area contributed by atoms with E-state index in [9.17, 15) is 9.59 Å². The fourth-order valence-corrected chi connectivity index (χ4v) is 1.65. The van der Waals surface area contributed by atoms with Crippen LogP contribution in [-0.4, -0.2) is 36.2 Å². The second-order valence-electron chi connectivity index (χ2n) is 4.25. The van der Waals surface area contributed by atoms with Gasteiger partial charge in [-0.3, -0.25) is 9.59 Å². The number of amides is 1. The zero-order valence-electron chi connectivity index (χ0n) is 10.5.